The Morgan fingerprint density at radius 1 is 1.18 bits per heavy atom. The molecule has 1 saturated heterocycles. The molecule has 128 valence electrons. The number of ether oxygens (including phenoxy) is 2. The van der Waals surface area contributed by atoms with Crippen molar-refractivity contribution < 1.29 is 32.2 Å². The number of nitrogens with zero attached hydrogens (tertiary/aromatic N) is 1. The van der Waals surface area contributed by atoms with Crippen LogP contribution in [0.2, 0.25) is 0 Å². The lowest BCUT2D eigenvalue weighted by molar-refractivity contribution is -0.147. The Bertz CT molecular complexity index is 417. The Morgan fingerprint density at radius 2 is 1.77 bits per heavy atom. The number of esters is 1. The summed E-state index contributed by atoms with van der Waals surface area (Å²) in [7, 11) is 1.18. The summed E-state index contributed by atoms with van der Waals surface area (Å²) in [6.07, 6.45) is -5.76. The van der Waals surface area contributed by atoms with Gasteiger partial charge in [0, 0.05) is 12.5 Å². The highest BCUT2D eigenvalue weighted by molar-refractivity contribution is 5.82. The fourth-order valence-electron chi connectivity index (χ4n) is 2.46. The van der Waals surface area contributed by atoms with Crippen LogP contribution in [0.3, 0.4) is 0 Å². The van der Waals surface area contributed by atoms with Crippen molar-refractivity contribution in [2.75, 3.05) is 7.11 Å². The van der Waals surface area contributed by atoms with E-state index < -0.39 is 42.3 Å². The van der Waals surface area contributed by atoms with Crippen molar-refractivity contribution in [2.24, 2.45) is 0 Å². The normalized spacial score (nSPS) is 22.6. The van der Waals surface area contributed by atoms with E-state index in [0.29, 0.717) is 6.42 Å². The third-order valence-corrected chi connectivity index (χ3v) is 3.34. The van der Waals surface area contributed by atoms with Gasteiger partial charge in [0.1, 0.15) is 11.6 Å². The van der Waals surface area contributed by atoms with Gasteiger partial charge in [-0.25, -0.2) is 9.59 Å². The van der Waals surface area contributed by atoms with Crippen LogP contribution in [0.15, 0.2) is 0 Å². The molecular formula is C14H22F3NO4. The van der Waals surface area contributed by atoms with E-state index in [0.717, 1.165) is 4.90 Å². The summed E-state index contributed by atoms with van der Waals surface area (Å²) in [6.45, 7) is 4.95. The number of alkyl halides is 3. The molecule has 0 saturated carbocycles. The van der Waals surface area contributed by atoms with Crippen molar-refractivity contribution in [3.8, 4) is 0 Å². The summed E-state index contributed by atoms with van der Waals surface area (Å²) < 4.78 is 47.0. The summed E-state index contributed by atoms with van der Waals surface area (Å²) in [5, 5.41) is 0. The fraction of sp³-hybridized carbons (Fsp3) is 0.857. The highest BCUT2D eigenvalue weighted by Gasteiger charge is 2.44. The number of carbonyl (C=O) groups is 2. The molecule has 22 heavy (non-hydrogen) atoms. The Morgan fingerprint density at radius 3 is 2.23 bits per heavy atom. The number of hydrogen-bond donors (Lipinski definition) is 0. The first kappa shape index (κ1) is 18.6. The topological polar surface area (TPSA) is 55.8 Å². The molecule has 0 radical (unpaired) electrons. The molecule has 1 aliphatic rings. The van der Waals surface area contributed by atoms with Crippen LogP contribution in [0.25, 0.3) is 0 Å². The van der Waals surface area contributed by atoms with Crippen molar-refractivity contribution in [1.82, 2.24) is 4.90 Å². The molecule has 0 bridgehead atoms. The minimum absolute atomic E-state index is 0.254. The lowest BCUT2D eigenvalue weighted by atomic mass is 10.1. The van der Waals surface area contributed by atoms with E-state index in [9.17, 15) is 22.8 Å². The Kier molecular flexibility index (Phi) is 5.70. The molecule has 0 N–H and O–H groups in total. The van der Waals surface area contributed by atoms with Crippen molar-refractivity contribution in [3.05, 3.63) is 0 Å². The van der Waals surface area contributed by atoms with Crippen molar-refractivity contribution in [3.63, 3.8) is 0 Å². The molecule has 8 heteroatoms. The number of methoxy groups -OCH3 is 1. The highest BCUT2D eigenvalue weighted by atomic mass is 19.4. The standard InChI is InChI=1S/C14H22F3NO4/c1-13(2,3)22-12(20)18-9(7-8-14(15,16)17)5-6-10(18)11(19)21-4/h9-10H,5-8H2,1-4H3/t9-,10+/m0/s1. The van der Waals surface area contributed by atoms with Crippen LogP contribution in [0.4, 0.5) is 18.0 Å². The van der Waals surface area contributed by atoms with Gasteiger partial charge < -0.3 is 9.47 Å². The van der Waals surface area contributed by atoms with Gasteiger partial charge in [0.2, 0.25) is 0 Å². The van der Waals surface area contributed by atoms with Crippen molar-refractivity contribution >= 4 is 12.1 Å². The smallest absolute Gasteiger partial charge is 0.411 e. The van der Waals surface area contributed by atoms with Gasteiger partial charge in [-0.05, 0) is 40.0 Å². The number of amides is 1. The van der Waals surface area contributed by atoms with Crippen molar-refractivity contribution in [1.29, 1.82) is 0 Å². The second-order valence-electron chi connectivity index (χ2n) is 6.31. The van der Waals surface area contributed by atoms with Gasteiger partial charge in [-0.15, -0.1) is 0 Å². The van der Waals surface area contributed by atoms with Gasteiger partial charge in [0.05, 0.1) is 7.11 Å². The number of carbonyl (C=O) groups excluding carboxylic acids is 2. The molecule has 0 aliphatic carbocycles. The molecule has 1 amide bonds. The molecule has 5 nitrogen and oxygen atoms in total. The predicted octanol–water partition coefficient (Wildman–Crippen LogP) is 3.27. The molecule has 1 aliphatic heterocycles. The maximum atomic E-state index is 12.4. The van der Waals surface area contributed by atoms with E-state index >= 15 is 0 Å². The average molecular weight is 325 g/mol. The summed E-state index contributed by atoms with van der Waals surface area (Å²) >= 11 is 0. The van der Waals surface area contributed by atoms with Gasteiger partial charge in [-0.1, -0.05) is 0 Å². The molecule has 1 fully saturated rings. The summed E-state index contributed by atoms with van der Waals surface area (Å²) in [5.41, 5.74) is -0.797. The minimum atomic E-state index is -4.30. The van der Waals surface area contributed by atoms with Crippen LogP contribution in [-0.2, 0) is 14.3 Å². The number of hydrogen-bond acceptors (Lipinski definition) is 4. The molecule has 0 spiro atoms. The fourth-order valence-corrected chi connectivity index (χ4v) is 2.46. The predicted molar refractivity (Wildman–Crippen MR) is 72.2 cm³/mol. The van der Waals surface area contributed by atoms with Gasteiger partial charge >= 0.3 is 18.2 Å². The molecule has 0 aromatic carbocycles. The zero-order valence-corrected chi connectivity index (χ0v) is 13.2. The number of likely N-dealkylation sites (tertiary alicyclic amines) is 1. The van der Waals surface area contributed by atoms with E-state index in [-0.39, 0.29) is 12.8 Å². The molecular weight excluding hydrogens is 303 g/mol. The summed E-state index contributed by atoms with van der Waals surface area (Å²) in [5.74, 6) is -0.639. The molecule has 2 atom stereocenters. The Balaban J connectivity index is 2.87. The number of halogens is 3. The Labute approximate surface area is 127 Å². The maximum Gasteiger partial charge on any atom is 0.411 e. The lowest BCUT2D eigenvalue weighted by Crippen LogP contribution is -2.47. The summed E-state index contributed by atoms with van der Waals surface area (Å²) in [4.78, 5) is 25.1. The second-order valence-corrected chi connectivity index (χ2v) is 6.31. The quantitative estimate of drug-likeness (QED) is 0.747. The van der Waals surface area contributed by atoms with E-state index in [1.807, 2.05) is 0 Å². The first-order valence-electron chi connectivity index (χ1n) is 7.10. The number of rotatable bonds is 3. The van der Waals surface area contributed by atoms with E-state index in [2.05, 4.69) is 4.74 Å². The molecule has 0 unspecified atom stereocenters. The lowest BCUT2D eigenvalue weighted by Gasteiger charge is -2.31. The molecule has 1 heterocycles. The van der Waals surface area contributed by atoms with Crippen LogP contribution in [0.5, 0.6) is 0 Å². The van der Waals surface area contributed by atoms with Gasteiger partial charge in [-0.3, -0.25) is 4.90 Å². The Hall–Kier alpha value is -1.47. The van der Waals surface area contributed by atoms with Crippen LogP contribution >= 0.6 is 0 Å². The zero-order valence-electron chi connectivity index (χ0n) is 13.2. The largest absolute Gasteiger partial charge is 0.467 e. The third kappa shape index (κ3) is 5.38. The maximum absolute atomic E-state index is 12.4. The molecule has 0 aromatic heterocycles. The van der Waals surface area contributed by atoms with Crippen LogP contribution in [0, 0.1) is 0 Å². The molecule has 1 rings (SSSR count). The first-order valence-corrected chi connectivity index (χ1v) is 7.10. The van der Waals surface area contributed by atoms with Crippen molar-refractivity contribution in [2.45, 2.75) is 70.3 Å². The van der Waals surface area contributed by atoms with Crippen LogP contribution in [0.1, 0.15) is 46.5 Å². The third-order valence-electron chi connectivity index (χ3n) is 3.34. The minimum Gasteiger partial charge on any atom is -0.467 e. The van der Waals surface area contributed by atoms with Crippen LogP contribution < -0.4 is 0 Å². The monoisotopic (exact) mass is 325 g/mol. The van der Waals surface area contributed by atoms with Gasteiger partial charge in [0.25, 0.3) is 0 Å². The van der Waals surface area contributed by atoms with E-state index in [1.54, 1.807) is 20.8 Å². The summed E-state index contributed by atoms with van der Waals surface area (Å²) in [6, 6.07) is -1.57. The van der Waals surface area contributed by atoms with Gasteiger partial charge in [-0.2, -0.15) is 13.2 Å². The zero-order chi connectivity index (χ0) is 17.1. The van der Waals surface area contributed by atoms with E-state index in [4.69, 9.17) is 4.74 Å². The molecule has 0 aromatic rings. The van der Waals surface area contributed by atoms with Gasteiger partial charge in [0.15, 0.2) is 0 Å². The van der Waals surface area contributed by atoms with Crippen LogP contribution in [-0.4, -0.2) is 47.9 Å². The average Bonchev–Trinajstić information content (AvgIpc) is 2.76. The van der Waals surface area contributed by atoms with E-state index in [1.165, 1.54) is 7.11 Å². The first-order chi connectivity index (χ1) is 9.94. The highest BCUT2D eigenvalue weighted by Crippen LogP contribution is 2.33. The second kappa shape index (κ2) is 6.75. The SMILES string of the molecule is COC(=O)[C@H]1CC[C@@H](CCC(F)(F)F)N1C(=O)OC(C)(C)C.